The zero-order valence-electron chi connectivity index (χ0n) is 13.5. The number of unbranched alkanes of at least 4 members (excludes halogenated alkanes) is 1. The number of sulfone groups is 1. The third kappa shape index (κ3) is 5.88. The molecule has 0 aliphatic carbocycles. The van der Waals surface area contributed by atoms with Crippen molar-refractivity contribution in [2.45, 2.75) is 37.1 Å². The third-order valence-corrected chi connectivity index (χ3v) is 8.21. The molecule has 1 heterocycles. The predicted octanol–water partition coefficient (Wildman–Crippen LogP) is 3.63. The lowest BCUT2D eigenvalue weighted by Gasteiger charge is -2.30. The monoisotopic (exact) mass is 468 g/mol. The summed E-state index contributed by atoms with van der Waals surface area (Å²) in [7, 11) is -1.55. The minimum atomic E-state index is -3.25. The average molecular weight is 468 g/mol. The maximum Gasteiger partial charge on any atom is 0.179 e. The summed E-state index contributed by atoms with van der Waals surface area (Å²) < 4.78 is 27.8. The molecule has 1 atom stereocenters. The van der Waals surface area contributed by atoms with Crippen LogP contribution in [0.3, 0.4) is 0 Å². The van der Waals surface area contributed by atoms with Crippen molar-refractivity contribution in [1.82, 2.24) is 9.21 Å². The lowest BCUT2D eigenvalue weighted by Crippen LogP contribution is -2.44. The molecule has 23 heavy (non-hydrogen) atoms. The molecule has 7 heteroatoms. The van der Waals surface area contributed by atoms with Crippen molar-refractivity contribution >= 4 is 40.2 Å². The first-order chi connectivity index (χ1) is 11.1. The van der Waals surface area contributed by atoms with E-state index in [0.29, 0.717) is 4.90 Å². The number of hydrogen-bond acceptors (Lipinski definition) is 5. The van der Waals surface area contributed by atoms with Crippen LogP contribution >= 0.6 is 30.3 Å². The van der Waals surface area contributed by atoms with Crippen LogP contribution in [-0.4, -0.2) is 55.6 Å². The van der Waals surface area contributed by atoms with Gasteiger partial charge in [0.05, 0.1) is 10.6 Å². The van der Waals surface area contributed by atoms with E-state index < -0.39 is 9.84 Å². The molecule has 0 spiro atoms. The summed E-state index contributed by atoms with van der Waals surface area (Å²) in [5, 5.41) is 0. The summed E-state index contributed by atoms with van der Waals surface area (Å²) in [5.41, 5.74) is 0. The minimum absolute atomic E-state index is 0.0662. The molecule has 1 aliphatic heterocycles. The maximum atomic E-state index is 12.8. The van der Waals surface area contributed by atoms with Gasteiger partial charge in [-0.05, 0) is 47.2 Å². The molecule has 1 saturated heterocycles. The Labute approximate surface area is 156 Å². The van der Waals surface area contributed by atoms with Crippen molar-refractivity contribution in [3.63, 3.8) is 0 Å². The standard InChI is InChI=1S/C16H25IN2O2S2/c1-2-3-10-18-11-7-12-19(22-17)13-15(18)14-23(20,21)16-8-5-4-6-9-16/h4-6,8-9,15H,2-3,7,10-14H2,1H3. The highest BCUT2D eigenvalue weighted by Crippen LogP contribution is 2.24. The Hall–Kier alpha value is 0.170. The highest BCUT2D eigenvalue weighted by Gasteiger charge is 2.29. The normalized spacial score (nSPS) is 21.2. The second-order valence-electron chi connectivity index (χ2n) is 5.95. The van der Waals surface area contributed by atoms with Crippen LogP contribution in [-0.2, 0) is 9.84 Å². The largest absolute Gasteiger partial charge is 0.298 e. The molecule has 0 amide bonds. The zero-order chi connectivity index (χ0) is 16.7. The van der Waals surface area contributed by atoms with Crippen molar-refractivity contribution in [3.05, 3.63) is 30.3 Å². The first kappa shape index (κ1) is 19.5. The van der Waals surface area contributed by atoms with Crippen molar-refractivity contribution < 1.29 is 8.42 Å². The van der Waals surface area contributed by atoms with Gasteiger partial charge in [-0.2, -0.15) is 0 Å². The van der Waals surface area contributed by atoms with Gasteiger partial charge in [0.1, 0.15) is 0 Å². The van der Waals surface area contributed by atoms with Crippen LogP contribution in [0.15, 0.2) is 35.2 Å². The van der Waals surface area contributed by atoms with E-state index in [9.17, 15) is 8.42 Å². The smallest absolute Gasteiger partial charge is 0.179 e. The Morgan fingerprint density at radius 1 is 1.26 bits per heavy atom. The second-order valence-corrected chi connectivity index (χ2v) is 9.82. The third-order valence-electron chi connectivity index (χ3n) is 4.19. The summed E-state index contributed by atoms with van der Waals surface area (Å²) in [6, 6.07) is 8.91. The SMILES string of the molecule is CCCCN1CCCN(SI)CC1CS(=O)(=O)c1ccccc1. The van der Waals surface area contributed by atoms with Crippen molar-refractivity contribution in [1.29, 1.82) is 0 Å². The zero-order valence-corrected chi connectivity index (χ0v) is 17.3. The first-order valence-electron chi connectivity index (χ1n) is 8.12. The summed E-state index contributed by atoms with van der Waals surface area (Å²) in [6.07, 6.45) is 3.36. The quantitative estimate of drug-likeness (QED) is 0.452. The lowest BCUT2D eigenvalue weighted by atomic mass is 10.2. The van der Waals surface area contributed by atoms with Crippen LogP contribution in [0.4, 0.5) is 0 Å². The fourth-order valence-electron chi connectivity index (χ4n) is 2.93. The molecule has 1 aromatic rings. The highest BCUT2D eigenvalue weighted by atomic mass is 127. The van der Waals surface area contributed by atoms with Gasteiger partial charge in [0.15, 0.2) is 9.84 Å². The number of hydrogen-bond donors (Lipinski definition) is 0. The Balaban J connectivity index is 2.16. The lowest BCUT2D eigenvalue weighted by molar-refractivity contribution is 0.214. The van der Waals surface area contributed by atoms with E-state index in [-0.39, 0.29) is 11.8 Å². The fourth-order valence-corrected chi connectivity index (χ4v) is 6.02. The van der Waals surface area contributed by atoms with Gasteiger partial charge in [-0.3, -0.25) is 4.90 Å². The van der Waals surface area contributed by atoms with Crippen LogP contribution in [0.1, 0.15) is 26.2 Å². The molecular formula is C16H25IN2O2S2. The number of nitrogens with zero attached hydrogens (tertiary/aromatic N) is 2. The van der Waals surface area contributed by atoms with Gasteiger partial charge >= 0.3 is 0 Å². The van der Waals surface area contributed by atoms with E-state index in [1.54, 1.807) is 33.4 Å². The van der Waals surface area contributed by atoms with Crippen molar-refractivity contribution in [2.24, 2.45) is 0 Å². The van der Waals surface area contributed by atoms with Crippen LogP contribution in [0.25, 0.3) is 0 Å². The Morgan fingerprint density at radius 2 is 2.00 bits per heavy atom. The van der Waals surface area contributed by atoms with Gasteiger partial charge in [0, 0.05) is 40.3 Å². The highest BCUT2D eigenvalue weighted by molar-refractivity contribution is 14.2. The van der Waals surface area contributed by atoms with Gasteiger partial charge in [-0.15, -0.1) is 0 Å². The molecule has 0 radical (unpaired) electrons. The molecule has 1 aromatic carbocycles. The molecular weight excluding hydrogens is 443 g/mol. The molecule has 2 rings (SSSR count). The van der Waals surface area contributed by atoms with Gasteiger partial charge in [0.2, 0.25) is 0 Å². The molecule has 130 valence electrons. The van der Waals surface area contributed by atoms with Crippen LogP contribution in [0.5, 0.6) is 0 Å². The molecule has 0 N–H and O–H groups in total. The van der Waals surface area contributed by atoms with E-state index in [1.165, 1.54) is 0 Å². The van der Waals surface area contributed by atoms with Gasteiger partial charge < -0.3 is 0 Å². The van der Waals surface area contributed by atoms with Gasteiger partial charge in [0.25, 0.3) is 0 Å². The molecule has 1 aliphatic rings. The summed E-state index contributed by atoms with van der Waals surface area (Å²) >= 11 is 2.29. The van der Waals surface area contributed by atoms with Crippen LogP contribution < -0.4 is 0 Å². The Kier molecular flexibility index (Phi) is 8.14. The van der Waals surface area contributed by atoms with Crippen molar-refractivity contribution in [3.8, 4) is 0 Å². The Bertz CT molecular complexity index is 569. The summed E-state index contributed by atoms with van der Waals surface area (Å²) in [4.78, 5) is 2.82. The minimum Gasteiger partial charge on any atom is -0.298 e. The predicted molar refractivity (Wildman–Crippen MR) is 107 cm³/mol. The van der Waals surface area contributed by atoms with Gasteiger partial charge in [-0.1, -0.05) is 31.5 Å². The number of benzene rings is 1. The molecule has 0 aromatic heterocycles. The van der Waals surface area contributed by atoms with E-state index in [1.807, 2.05) is 6.07 Å². The van der Waals surface area contributed by atoms with Crippen molar-refractivity contribution in [2.75, 3.05) is 31.9 Å². The van der Waals surface area contributed by atoms with Crippen LogP contribution in [0.2, 0.25) is 0 Å². The number of halogens is 1. The van der Waals surface area contributed by atoms with E-state index in [4.69, 9.17) is 0 Å². The molecule has 0 saturated carbocycles. The topological polar surface area (TPSA) is 40.6 Å². The average Bonchev–Trinajstić information content (AvgIpc) is 2.75. The molecule has 1 fully saturated rings. The second kappa shape index (κ2) is 9.60. The molecule has 0 bridgehead atoms. The van der Waals surface area contributed by atoms with Crippen LogP contribution in [0, 0.1) is 0 Å². The molecule has 1 unspecified atom stereocenters. The van der Waals surface area contributed by atoms with Gasteiger partial charge in [-0.25, -0.2) is 12.7 Å². The summed E-state index contributed by atoms with van der Waals surface area (Å²) in [5.74, 6) is 0.203. The number of rotatable bonds is 7. The Morgan fingerprint density at radius 3 is 2.65 bits per heavy atom. The maximum absolute atomic E-state index is 12.8. The summed E-state index contributed by atoms with van der Waals surface area (Å²) in [6.45, 7) is 6.00. The fraction of sp³-hybridized carbons (Fsp3) is 0.625. The van der Waals surface area contributed by atoms with E-state index >= 15 is 0 Å². The van der Waals surface area contributed by atoms with E-state index in [2.05, 4.69) is 37.3 Å². The first-order valence-corrected chi connectivity index (χ1v) is 13.1. The molecule has 4 nitrogen and oxygen atoms in total. The van der Waals surface area contributed by atoms with E-state index in [0.717, 1.165) is 45.4 Å².